The zero-order chi connectivity index (χ0) is 19.5. The normalized spacial score (nSPS) is 13.4. The van der Waals surface area contributed by atoms with Crippen LogP contribution in [0.3, 0.4) is 0 Å². The van der Waals surface area contributed by atoms with Gasteiger partial charge in [0.2, 0.25) is 5.96 Å². The molecule has 0 radical (unpaired) electrons. The summed E-state index contributed by atoms with van der Waals surface area (Å²) in [5.74, 6) is -0.248. The molecular formula is C15H16F6N4. The summed E-state index contributed by atoms with van der Waals surface area (Å²) in [6.45, 7) is 5.18. The Hall–Kier alpha value is -2.44. The highest BCUT2D eigenvalue weighted by Crippen LogP contribution is 2.37. The maximum absolute atomic E-state index is 12.9. The molecule has 0 bridgehead atoms. The van der Waals surface area contributed by atoms with Crippen LogP contribution in [0.25, 0.3) is 0 Å². The van der Waals surface area contributed by atoms with E-state index in [0.717, 1.165) is 0 Å². The Morgan fingerprint density at radius 2 is 1.52 bits per heavy atom. The first-order valence-corrected chi connectivity index (χ1v) is 7.10. The van der Waals surface area contributed by atoms with Gasteiger partial charge >= 0.3 is 12.4 Å². The number of hydrogen-bond donors (Lipinski definition) is 2. The first-order valence-electron chi connectivity index (χ1n) is 7.10. The van der Waals surface area contributed by atoms with Gasteiger partial charge in [0.25, 0.3) is 0 Å². The van der Waals surface area contributed by atoms with Crippen LogP contribution in [0.2, 0.25) is 0 Å². The third-order valence-corrected chi connectivity index (χ3v) is 3.30. The highest BCUT2D eigenvalue weighted by Gasteiger charge is 2.37. The summed E-state index contributed by atoms with van der Waals surface area (Å²) in [7, 11) is 0. The van der Waals surface area contributed by atoms with Crippen LogP contribution in [0.4, 0.5) is 32.0 Å². The van der Waals surface area contributed by atoms with Gasteiger partial charge in [0.15, 0.2) is 6.19 Å². The van der Waals surface area contributed by atoms with Gasteiger partial charge in [0, 0.05) is 5.69 Å². The number of rotatable bonds is 3. The molecule has 138 valence electrons. The minimum absolute atomic E-state index is 0.0235. The minimum atomic E-state index is -4.96. The van der Waals surface area contributed by atoms with Crippen LogP contribution < -0.4 is 10.6 Å². The van der Waals surface area contributed by atoms with Crippen LogP contribution in [0.5, 0.6) is 0 Å². The van der Waals surface area contributed by atoms with E-state index in [1.165, 1.54) is 6.19 Å². The zero-order valence-electron chi connectivity index (χ0n) is 13.6. The molecule has 4 nitrogen and oxygen atoms in total. The molecule has 0 aromatic heterocycles. The number of nitrogens with zero attached hydrogens (tertiary/aromatic N) is 2. The SMILES string of the molecule is CCC(C)(C)/N=C(\NC#N)Nc1cc(C(F)(F)F)cc(C(F)(F)F)c1. The number of alkyl halides is 6. The van der Waals surface area contributed by atoms with Crippen molar-refractivity contribution >= 4 is 11.6 Å². The monoisotopic (exact) mass is 366 g/mol. The lowest BCUT2D eigenvalue weighted by Gasteiger charge is -2.20. The Balaban J connectivity index is 3.38. The number of halogens is 6. The summed E-state index contributed by atoms with van der Waals surface area (Å²) in [5, 5.41) is 13.1. The van der Waals surface area contributed by atoms with Crippen LogP contribution >= 0.6 is 0 Å². The van der Waals surface area contributed by atoms with E-state index in [-0.39, 0.29) is 12.0 Å². The fraction of sp³-hybridized carbons (Fsp3) is 0.467. The third kappa shape index (κ3) is 6.17. The van der Waals surface area contributed by atoms with Crippen molar-refractivity contribution in [3.05, 3.63) is 29.3 Å². The Labute approximate surface area is 140 Å². The van der Waals surface area contributed by atoms with E-state index in [4.69, 9.17) is 5.26 Å². The molecule has 10 heteroatoms. The number of aliphatic imine (C=N–C) groups is 1. The molecular weight excluding hydrogens is 350 g/mol. The fourth-order valence-electron chi connectivity index (χ4n) is 1.69. The predicted molar refractivity (Wildman–Crippen MR) is 80.6 cm³/mol. The molecule has 0 unspecified atom stereocenters. The lowest BCUT2D eigenvalue weighted by molar-refractivity contribution is -0.143. The van der Waals surface area contributed by atoms with Gasteiger partial charge in [-0.05, 0) is 38.5 Å². The molecule has 0 saturated heterocycles. The van der Waals surface area contributed by atoms with Gasteiger partial charge in [0.05, 0.1) is 16.7 Å². The first kappa shape index (κ1) is 20.6. The lowest BCUT2D eigenvalue weighted by atomic mass is 10.0. The summed E-state index contributed by atoms with van der Waals surface area (Å²) < 4.78 is 77.1. The molecule has 25 heavy (non-hydrogen) atoms. The number of nitriles is 1. The summed E-state index contributed by atoms with van der Waals surface area (Å²) in [6, 6.07) is 1.06. The summed E-state index contributed by atoms with van der Waals surface area (Å²) in [6.07, 6.45) is -7.85. The minimum Gasteiger partial charge on any atom is -0.325 e. The average molecular weight is 366 g/mol. The van der Waals surface area contributed by atoms with E-state index in [1.807, 2.05) is 0 Å². The fourth-order valence-corrected chi connectivity index (χ4v) is 1.69. The summed E-state index contributed by atoms with van der Waals surface area (Å²) >= 11 is 0. The van der Waals surface area contributed by atoms with Crippen molar-refractivity contribution in [2.24, 2.45) is 4.99 Å². The highest BCUT2D eigenvalue weighted by atomic mass is 19.4. The molecule has 0 amide bonds. The van der Waals surface area contributed by atoms with E-state index in [0.29, 0.717) is 18.6 Å². The van der Waals surface area contributed by atoms with Crippen molar-refractivity contribution in [1.29, 1.82) is 5.26 Å². The van der Waals surface area contributed by atoms with Gasteiger partial charge in [-0.3, -0.25) is 5.32 Å². The number of guanidine groups is 1. The topological polar surface area (TPSA) is 60.2 Å². The molecule has 0 aliphatic heterocycles. The quantitative estimate of drug-likeness (QED) is 0.267. The Bertz CT molecular complexity index is 650. The van der Waals surface area contributed by atoms with Gasteiger partial charge in [-0.1, -0.05) is 6.92 Å². The van der Waals surface area contributed by atoms with E-state index in [1.54, 1.807) is 20.8 Å². The standard InChI is InChI=1S/C15H16F6N4/c1-4-13(2,3)25-12(23-8-22)24-11-6-9(14(16,17)18)5-10(7-11)15(19,20)21/h5-7H,4H2,1-3H3,(H2,23,24,25). The second kappa shape index (κ2) is 7.21. The number of nitrogens with one attached hydrogen (secondary N) is 2. The molecule has 1 aromatic rings. The highest BCUT2D eigenvalue weighted by molar-refractivity contribution is 5.95. The van der Waals surface area contributed by atoms with Crippen molar-refractivity contribution < 1.29 is 26.3 Å². The van der Waals surface area contributed by atoms with Gasteiger partial charge < -0.3 is 5.32 Å². The molecule has 0 aliphatic carbocycles. The molecule has 0 saturated carbocycles. The van der Waals surface area contributed by atoms with Crippen molar-refractivity contribution in [2.75, 3.05) is 5.32 Å². The van der Waals surface area contributed by atoms with Gasteiger partial charge in [-0.15, -0.1) is 0 Å². The van der Waals surface area contributed by atoms with Crippen LogP contribution in [0.15, 0.2) is 23.2 Å². The van der Waals surface area contributed by atoms with E-state index in [2.05, 4.69) is 15.6 Å². The summed E-state index contributed by atoms with van der Waals surface area (Å²) in [5.41, 5.74) is -4.09. The summed E-state index contributed by atoms with van der Waals surface area (Å²) in [4.78, 5) is 4.11. The maximum Gasteiger partial charge on any atom is 0.416 e. The molecule has 0 fully saturated rings. The number of anilines is 1. The smallest absolute Gasteiger partial charge is 0.325 e. The Morgan fingerprint density at radius 1 is 1.04 bits per heavy atom. The van der Waals surface area contributed by atoms with Crippen LogP contribution in [-0.4, -0.2) is 11.5 Å². The predicted octanol–water partition coefficient (Wildman–Crippen LogP) is 4.75. The van der Waals surface area contributed by atoms with Gasteiger partial charge in [0.1, 0.15) is 0 Å². The van der Waals surface area contributed by atoms with Crippen molar-refractivity contribution in [3.8, 4) is 6.19 Å². The molecule has 0 spiro atoms. The van der Waals surface area contributed by atoms with E-state index < -0.39 is 34.7 Å². The lowest BCUT2D eigenvalue weighted by Crippen LogP contribution is -2.31. The average Bonchev–Trinajstić information content (AvgIpc) is 2.45. The van der Waals surface area contributed by atoms with Crippen molar-refractivity contribution in [2.45, 2.75) is 45.1 Å². The van der Waals surface area contributed by atoms with E-state index in [9.17, 15) is 26.3 Å². The second-order valence-corrected chi connectivity index (χ2v) is 5.78. The Morgan fingerprint density at radius 3 is 1.88 bits per heavy atom. The van der Waals surface area contributed by atoms with Gasteiger partial charge in [-0.2, -0.15) is 31.6 Å². The molecule has 0 aliphatic rings. The number of benzene rings is 1. The second-order valence-electron chi connectivity index (χ2n) is 5.78. The van der Waals surface area contributed by atoms with Crippen LogP contribution in [0, 0.1) is 11.5 Å². The molecule has 0 atom stereocenters. The maximum atomic E-state index is 12.9. The molecule has 0 heterocycles. The van der Waals surface area contributed by atoms with Crippen molar-refractivity contribution in [1.82, 2.24) is 5.32 Å². The number of hydrogen-bond acceptors (Lipinski definition) is 2. The van der Waals surface area contributed by atoms with Gasteiger partial charge in [-0.25, -0.2) is 4.99 Å². The van der Waals surface area contributed by atoms with Crippen LogP contribution in [-0.2, 0) is 12.4 Å². The van der Waals surface area contributed by atoms with E-state index >= 15 is 0 Å². The largest absolute Gasteiger partial charge is 0.416 e. The first-order chi connectivity index (χ1) is 11.3. The molecule has 1 aromatic carbocycles. The molecule has 1 rings (SSSR count). The Kier molecular flexibility index (Phi) is 5.94. The van der Waals surface area contributed by atoms with Crippen LogP contribution in [0.1, 0.15) is 38.3 Å². The van der Waals surface area contributed by atoms with Crippen molar-refractivity contribution in [3.63, 3.8) is 0 Å². The third-order valence-electron chi connectivity index (χ3n) is 3.30. The molecule has 2 N–H and O–H groups in total. The zero-order valence-corrected chi connectivity index (χ0v) is 13.6.